The molecular formula is C19H22BrN4O+. The van der Waals surface area contributed by atoms with Gasteiger partial charge >= 0.3 is 0 Å². The standard InChI is InChI=1S/C19H21BrN4O/c1-12(21)24-18-9-3-13(20)11-16(18)17(8-10-19(24)22)23-14-4-6-15(25-2)7-5-14/h3-7,9,11,17,21-23H,8,10H2,1-2H3/p+1. The van der Waals surface area contributed by atoms with Gasteiger partial charge in [-0.05, 0) is 48.9 Å². The summed E-state index contributed by atoms with van der Waals surface area (Å²) in [5, 5.41) is 12.0. The zero-order valence-electron chi connectivity index (χ0n) is 14.3. The van der Waals surface area contributed by atoms with Gasteiger partial charge < -0.3 is 15.8 Å². The molecule has 6 heteroatoms. The van der Waals surface area contributed by atoms with E-state index in [4.69, 9.17) is 15.9 Å². The van der Waals surface area contributed by atoms with Crippen molar-refractivity contribution in [1.82, 2.24) is 0 Å². The number of nitrogens with one attached hydrogen (secondary N) is 2. The molecule has 0 spiro atoms. The highest BCUT2D eigenvalue weighted by Gasteiger charge is 2.28. The molecule has 2 aromatic rings. The summed E-state index contributed by atoms with van der Waals surface area (Å²) < 4.78 is 8.06. The molecule has 1 aliphatic heterocycles. The van der Waals surface area contributed by atoms with E-state index in [1.807, 2.05) is 47.9 Å². The van der Waals surface area contributed by atoms with Gasteiger partial charge in [-0.2, -0.15) is 5.41 Å². The Kier molecular flexibility index (Phi) is 5.08. The average Bonchev–Trinajstić information content (AvgIpc) is 2.72. The van der Waals surface area contributed by atoms with E-state index in [1.54, 1.807) is 7.11 Å². The number of ether oxygens (including phenoxy) is 1. The van der Waals surface area contributed by atoms with Crippen LogP contribution in [0.3, 0.4) is 0 Å². The molecule has 5 nitrogen and oxygen atoms in total. The van der Waals surface area contributed by atoms with Crippen molar-refractivity contribution in [3.05, 3.63) is 52.5 Å². The number of hydrogen-bond donors (Lipinski definition) is 3. The fraction of sp³-hybridized carbons (Fsp3) is 0.263. The summed E-state index contributed by atoms with van der Waals surface area (Å²) in [6, 6.07) is 14.1. The summed E-state index contributed by atoms with van der Waals surface area (Å²) in [5.74, 6) is 1.96. The third-order valence-corrected chi connectivity index (χ3v) is 4.82. The van der Waals surface area contributed by atoms with Gasteiger partial charge in [-0.3, -0.25) is 0 Å². The van der Waals surface area contributed by atoms with Crippen LogP contribution in [0, 0.1) is 5.41 Å². The van der Waals surface area contributed by atoms with Crippen LogP contribution in [-0.2, 0) is 0 Å². The SMILES string of the molecule is COc1ccc(NC2CCC(=N)[N+](=C(C)N)c3ccc(Br)cc32)cc1. The van der Waals surface area contributed by atoms with E-state index in [2.05, 4.69) is 27.3 Å². The maximum absolute atomic E-state index is 8.39. The highest BCUT2D eigenvalue weighted by atomic mass is 79.9. The maximum atomic E-state index is 8.39. The van der Waals surface area contributed by atoms with Crippen molar-refractivity contribution in [3.8, 4) is 5.75 Å². The molecule has 0 amide bonds. The second-order valence-electron chi connectivity index (χ2n) is 6.09. The van der Waals surface area contributed by atoms with Crippen LogP contribution in [-0.4, -0.2) is 23.4 Å². The zero-order valence-corrected chi connectivity index (χ0v) is 15.9. The van der Waals surface area contributed by atoms with E-state index >= 15 is 0 Å². The van der Waals surface area contributed by atoms with Crippen LogP contribution in [0.1, 0.15) is 31.4 Å². The topological polar surface area (TPSA) is 74.1 Å². The number of amidine groups is 2. The first kappa shape index (κ1) is 17.5. The van der Waals surface area contributed by atoms with E-state index in [1.165, 1.54) is 0 Å². The fourth-order valence-corrected chi connectivity index (χ4v) is 3.52. The van der Waals surface area contributed by atoms with E-state index in [-0.39, 0.29) is 6.04 Å². The Labute approximate surface area is 156 Å². The van der Waals surface area contributed by atoms with Crippen molar-refractivity contribution in [1.29, 1.82) is 5.41 Å². The average molecular weight is 402 g/mol. The number of anilines is 1. The predicted molar refractivity (Wildman–Crippen MR) is 105 cm³/mol. The summed E-state index contributed by atoms with van der Waals surface area (Å²) in [6.45, 7) is 1.83. The molecule has 0 saturated heterocycles. The molecule has 0 aliphatic carbocycles. The summed E-state index contributed by atoms with van der Waals surface area (Å²) in [5.41, 5.74) is 9.16. The minimum absolute atomic E-state index is 0.0885. The molecule has 4 N–H and O–H groups in total. The van der Waals surface area contributed by atoms with Crippen molar-refractivity contribution in [2.45, 2.75) is 25.8 Å². The summed E-state index contributed by atoms with van der Waals surface area (Å²) in [4.78, 5) is 0. The lowest BCUT2D eigenvalue weighted by Crippen LogP contribution is -2.26. The molecule has 0 saturated carbocycles. The number of halogens is 1. The molecule has 130 valence electrons. The molecule has 0 fully saturated rings. The van der Waals surface area contributed by atoms with E-state index < -0.39 is 0 Å². The number of nitrogens with two attached hydrogens (primary N) is 1. The lowest BCUT2D eigenvalue weighted by molar-refractivity contribution is -0.312. The second kappa shape index (κ2) is 7.27. The number of nitrogens with zero attached hydrogens (tertiary/aromatic N) is 1. The van der Waals surface area contributed by atoms with E-state index in [0.717, 1.165) is 33.6 Å². The van der Waals surface area contributed by atoms with Crippen molar-refractivity contribution in [2.75, 3.05) is 12.4 Å². The molecule has 1 heterocycles. The lowest BCUT2D eigenvalue weighted by atomic mass is 10.0. The quantitative estimate of drug-likeness (QED) is 0.526. The van der Waals surface area contributed by atoms with Crippen LogP contribution in [0.5, 0.6) is 5.75 Å². The Morgan fingerprint density at radius 1 is 1.28 bits per heavy atom. The Balaban J connectivity index is 2.02. The maximum Gasteiger partial charge on any atom is 0.234 e. The first-order chi connectivity index (χ1) is 12.0. The molecule has 1 unspecified atom stereocenters. The lowest BCUT2D eigenvalue weighted by Gasteiger charge is -2.20. The monoisotopic (exact) mass is 401 g/mol. The van der Waals surface area contributed by atoms with Gasteiger partial charge in [0, 0.05) is 29.1 Å². The molecule has 0 aromatic heterocycles. The van der Waals surface area contributed by atoms with Crippen LogP contribution < -0.4 is 15.8 Å². The molecule has 1 aliphatic rings. The second-order valence-corrected chi connectivity index (χ2v) is 7.01. The number of rotatable bonds is 3. The number of benzene rings is 2. The third kappa shape index (κ3) is 3.69. The molecule has 0 bridgehead atoms. The zero-order chi connectivity index (χ0) is 18.0. The first-order valence-corrected chi connectivity index (χ1v) is 8.95. The van der Waals surface area contributed by atoms with Gasteiger partial charge in [0.25, 0.3) is 0 Å². The smallest absolute Gasteiger partial charge is 0.234 e. The van der Waals surface area contributed by atoms with Gasteiger partial charge in [-0.1, -0.05) is 15.9 Å². The van der Waals surface area contributed by atoms with Gasteiger partial charge in [-0.15, -0.1) is 0 Å². The normalized spacial score (nSPS) is 19.0. The van der Waals surface area contributed by atoms with Crippen LogP contribution in [0.15, 0.2) is 46.9 Å². The molecule has 3 rings (SSSR count). The first-order valence-electron chi connectivity index (χ1n) is 8.16. The number of hydrogen-bond acceptors (Lipinski definition) is 3. The minimum atomic E-state index is 0.0885. The molecule has 0 radical (unpaired) electrons. The van der Waals surface area contributed by atoms with Crippen LogP contribution in [0.2, 0.25) is 0 Å². The van der Waals surface area contributed by atoms with Gasteiger partial charge in [0.2, 0.25) is 5.84 Å². The number of methoxy groups -OCH3 is 1. The summed E-state index contributed by atoms with van der Waals surface area (Å²) in [6.07, 6.45) is 1.47. The summed E-state index contributed by atoms with van der Waals surface area (Å²) in [7, 11) is 1.66. The Morgan fingerprint density at radius 2 is 2.00 bits per heavy atom. The van der Waals surface area contributed by atoms with Gasteiger partial charge in [0.05, 0.1) is 13.2 Å². The van der Waals surface area contributed by atoms with Crippen molar-refractivity contribution < 1.29 is 9.31 Å². The molecule has 2 aromatic carbocycles. The van der Waals surface area contributed by atoms with Crippen molar-refractivity contribution >= 4 is 39.0 Å². The van der Waals surface area contributed by atoms with Crippen molar-refractivity contribution in [3.63, 3.8) is 0 Å². The fourth-order valence-electron chi connectivity index (χ4n) is 3.14. The van der Waals surface area contributed by atoms with Gasteiger partial charge in [0.1, 0.15) is 11.4 Å². The Morgan fingerprint density at radius 3 is 2.64 bits per heavy atom. The van der Waals surface area contributed by atoms with Crippen LogP contribution >= 0.6 is 15.9 Å². The highest BCUT2D eigenvalue weighted by molar-refractivity contribution is 9.10. The van der Waals surface area contributed by atoms with Gasteiger partial charge in [0.15, 0.2) is 5.84 Å². The Bertz CT molecular complexity index is 826. The molecule has 1 atom stereocenters. The van der Waals surface area contributed by atoms with Crippen LogP contribution in [0.4, 0.5) is 11.4 Å². The summed E-state index contributed by atoms with van der Waals surface area (Å²) >= 11 is 3.57. The number of fused-ring (bicyclic) bond motifs is 1. The molecular weight excluding hydrogens is 380 g/mol. The predicted octanol–water partition coefficient (Wildman–Crippen LogP) is 4.40. The van der Waals surface area contributed by atoms with E-state index in [9.17, 15) is 0 Å². The largest absolute Gasteiger partial charge is 0.497 e. The van der Waals surface area contributed by atoms with Gasteiger partial charge in [-0.25, -0.2) is 4.58 Å². The molecule has 25 heavy (non-hydrogen) atoms. The third-order valence-electron chi connectivity index (χ3n) is 4.33. The minimum Gasteiger partial charge on any atom is -0.497 e. The van der Waals surface area contributed by atoms with Crippen LogP contribution in [0.25, 0.3) is 0 Å². The van der Waals surface area contributed by atoms with E-state index in [0.29, 0.717) is 18.1 Å². The Hall–Kier alpha value is -2.34. The highest BCUT2D eigenvalue weighted by Crippen LogP contribution is 2.36. The van der Waals surface area contributed by atoms with Crippen molar-refractivity contribution in [2.24, 2.45) is 5.73 Å².